The smallest absolute Gasteiger partial charge is 0.0589 e. The van der Waals surface area contributed by atoms with E-state index in [1.54, 1.807) is 7.11 Å². The molecule has 0 rings (SSSR count). The van der Waals surface area contributed by atoms with Gasteiger partial charge in [0.05, 0.1) is 6.61 Å². The van der Waals surface area contributed by atoms with Crippen molar-refractivity contribution in [1.29, 1.82) is 0 Å². The first-order valence-electron chi connectivity index (χ1n) is 5.62. The molecule has 0 atom stereocenters. The molecule has 0 aliphatic carbocycles. The van der Waals surface area contributed by atoms with Gasteiger partial charge in [-0.1, -0.05) is 13.8 Å². The summed E-state index contributed by atoms with van der Waals surface area (Å²) < 4.78 is 5.06. The summed E-state index contributed by atoms with van der Waals surface area (Å²) in [6.45, 7) is 9.23. The van der Waals surface area contributed by atoms with Crippen molar-refractivity contribution in [3.05, 3.63) is 0 Å². The average molecular weight is 202 g/mol. The van der Waals surface area contributed by atoms with Gasteiger partial charge in [0.25, 0.3) is 0 Å². The number of hydrogen-bond donors (Lipinski definition) is 1. The van der Waals surface area contributed by atoms with Crippen molar-refractivity contribution in [3.8, 4) is 0 Å². The van der Waals surface area contributed by atoms with Crippen LogP contribution in [0.25, 0.3) is 0 Å². The maximum Gasteiger partial charge on any atom is 0.0589 e. The van der Waals surface area contributed by atoms with Crippen molar-refractivity contribution in [2.75, 3.05) is 39.9 Å². The normalized spacial score (nSPS) is 11.6. The van der Waals surface area contributed by atoms with Crippen LogP contribution in [0.15, 0.2) is 0 Å². The third-order valence-corrected chi connectivity index (χ3v) is 2.31. The summed E-state index contributed by atoms with van der Waals surface area (Å²) in [7, 11) is 1.74. The average Bonchev–Trinajstić information content (AvgIpc) is 2.13. The van der Waals surface area contributed by atoms with Crippen LogP contribution in [0.2, 0.25) is 0 Å². The van der Waals surface area contributed by atoms with E-state index in [0.717, 1.165) is 38.7 Å². The van der Waals surface area contributed by atoms with Crippen molar-refractivity contribution < 1.29 is 4.74 Å². The first kappa shape index (κ1) is 13.9. The molecule has 0 saturated carbocycles. The zero-order chi connectivity index (χ0) is 10.8. The van der Waals surface area contributed by atoms with Crippen LogP contribution in [-0.4, -0.2) is 44.8 Å². The molecular formula is C11H26N2O. The topological polar surface area (TPSA) is 38.5 Å². The molecule has 0 aromatic heterocycles. The van der Waals surface area contributed by atoms with Gasteiger partial charge in [-0.15, -0.1) is 0 Å². The highest BCUT2D eigenvalue weighted by molar-refractivity contribution is 4.59. The van der Waals surface area contributed by atoms with E-state index >= 15 is 0 Å². The van der Waals surface area contributed by atoms with Crippen LogP contribution < -0.4 is 5.73 Å². The zero-order valence-corrected chi connectivity index (χ0v) is 9.96. The van der Waals surface area contributed by atoms with Gasteiger partial charge in [0.1, 0.15) is 0 Å². The van der Waals surface area contributed by atoms with E-state index in [1.807, 2.05) is 0 Å². The van der Waals surface area contributed by atoms with E-state index in [-0.39, 0.29) is 0 Å². The molecule has 86 valence electrons. The predicted octanol–water partition coefficient (Wildman–Crippen LogP) is 1.33. The van der Waals surface area contributed by atoms with Crippen LogP contribution in [0.4, 0.5) is 0 Å². The molecule has 0 aliphatic rings. The van der Waals surface area contributed by atoms with E-state index in [1.165, 1.54) is 12.8 Å². The quantitative estimate of drug-likeness (QED) is 0.613. The first-order valence-corrected chi connectivity index (χ1v) is 5.62. The summed E-state index contributed by atoms with van der Waals surface area (Å²) in [5.41, 5.74) is 5.55. The first-order chi connectivity index (χ1) is 6.70. The van der Waals surface area contributed by atoms with Gasteiger partial charge in [0.2, 0.25) is 0 Å². The molecule has 3 nitrogen and oxygen atoms in total. The Morgan fingerprint density at radius 1 is 1.21 bits per heavy atom. The Bertz CT molecular complexity index is 118. The van der Waals surface area contributed by atoms with Crippen LogP contribution in [0.5, 0.6) is 0 Å². The van der Waals surface area contributed by atoms with Gasteiger partial charge in [-0.25, -0.2) is 0 Å². The van der Waals surface area contributed by atoms with Crippen molar-refractivity contribution in [2.24, 2.45) is 11.7 Å². The summed E-state index contributed by atoms with van der Waals surface area (Å²) >= 11 is 0. The Kier molecular flexibility index (Phi) is 9.35. The lowest BCUT2D eigenvalue weighted by Crippen LogP contribution is -2.33. The maximum atomic E-state index is 5.55. The molecule has 0 heterocycles. The Labute approximate surface area is 88.6 Å². The Balaban J connectivity index is 3.50. The molecule has 0 aromatic carbocycles. The van der Waals surface area contributed by atoms with E-state index in [2.05, 4.69) is 18.7 Å². The van der Waals surface area contributed by atoms with Crippen LogP contribution in [0, 0.1) is 5.92 Å². The molecular weight excluding hydrogens is 176 g/mol. The van der Waals surface area contributed by atoms with Gasteiger partial charge < -0.3 is 10.5 Å². The Morgan fingerprint density at radius 3 is 2.43 bits per heavy atom. The predicted molar refractivity (Wildman–Crippen MR) is 61.4 cm³/mol. The zero-order valence-electron chi connectivity index (χ0n) is 9.96. The summed E-state index contributed by atoms with van der Waals surface area (Å²) in [6.07, 6.45) is 2.56. The largest absolute Gasteiger partial charge is 0.383 e. The highest BCUT2D eigenvalue weighted by Crippen LogP contribution is 2.04. The number of nitrogens with zero attached hydrogens (tertiary/aromatic N) is 1. The van der Waals surface area contributed by atoms with Crippen molar-refractivity contribution in [1.82, 2.24) is 4.90 Å². The molecule has 0 amide bonds. The highest BCUT2D eigenvalue weighted by Gasteiger charge is 2.03. The molecule has 0 aliphatic heterocycles. The number of nitrogens with two attached hydrogens (primary N) is 1. The second-order valence-electron chi connectivity index (χ2n) is 4.16. The molecule has 0 spiro atoms. The van der Waals surface area contributed by atoms with Gasteiger partial charge in [-0.2, -0.15) is 0 Å². The molecule has 3 heteroatoms. The monoisotopic (exact) mass is 202 g/mol. The van der Waals surface area contributed by atoms with Gasteiger partial charge in [0, 0.05) is 26.7 Å². The third kappa shape index (κ3) is 8.48. The van der Waals surface area contributed by atoms with Gasteiger partial charge in [-0.3, -0.25) is 4.90 Å². The molecule has 0 unspecified atom stereocenters. The lowest BCUT2D eigenvalue weighted by atomic mass is 10.1. The highest BCUT2D eigenvalue weighted by atomic mass is 16.5. The summed E-state index contributed by atoms with van der Waals surface area (Å²) in [5.74, 6) is 0.803. The molecule has 0 fully saturated rings. The number of hydrogen-bond acceptors (Lipinski definition) is 3. The fourth-order valence-corrected chi connectivity index (χ4v) is 1.46. The van der Waals surface area contributed by atoms with Crippen molar-refractivity contribution in [2.45, 2.75) is 26.7 Å². The van der Waals surface area contributed by atoms with Gasteiger partial charge >= 0.3 is 0 Å². The standard InChI is InChI=1S/C11H26N2O/c1-11(2)5-4-7-13(8-6-12)9-10-14-3/h11H,4-10,12H2,1-3H3. The van der Waals surface area contributed by atoms with Crippen LogP contribution >= 0.6 is 0 Å². The fourth-order valence-electron chi connectivity index (χ4n) is 1.46. The molecule has 2 N–H and O–H groups in total. The minimum atomic E-state index is 0.741. The fraction of sp³-hybridized carbons (Fsp3) is 1.00. The van der Waals surface area contributed by atoms with E-state index in [0.29, 0.717) is 0 Å². The molecule has 14 heavy (non-hydrogen) atoms. The Hall–Kier alpha value is -0.120. The number of methoxy groups -OCH3 is 1. The molecule has 0 bridgehead atoms. The molecule has 0 radical (unpaired) electrons. The second-order valence-corrected chi connectivity index (χ2v) is 4.16. The van der Waals surface area contributed by atoms with Crippen LogP contribution in [-0.2, 0) is 4.74 Å². The summed E-state index contributed by atoms with van der Waals surface area (Å²) in [4.78, 5) is 2.38. The maximum absolute atomic E-state index is 5.55. The second kappa shape index (κ2) is 9.44. The van der Waals surface area contributed by atoms with Crippen molar-refractivity contribution in [3.63, 3.8) is 0 Å². The van der Waals surface area contributed by atoms with Gasteiger partial charge in [0.15, 0.2) is 0 Å². The van der Waals surface area contributed by atoms with Crippen molar-refractivity contribution >= 4 is 0 Å². The molecule has 0 aromatic rings. The lowest BCUT2D eigenvalue weighted by Gasteiger charge is -2.21. The SMILES string of the molecule is COCCN(CCN)CCCC(C)C. The summed E-state index contributed by atoms with van der Waals surface area (Å²) in [6, 6.07) is 0. The van der Waals surface area contributed by atoms with Gasteiger partial charge in [-0.05, 0) is 25.3 Å². The van der Waals surface area contributed by atoms with Crippen LogP contribution in [0.1, 0.15) is 26.7 Å². The Morgan fingerprint density at radius 2 is 1.93 bits per heavy atom. The minimum Gasteiger partial charge on any atom is -0.383 e. The van der Waals surface area contributed by atoms with E-state index < -0.39 is 0 Å². The number of rotatable bonds is 9. The van der Waals surface area contributed by atoms with E-state index in [4.69, 9.17) is 10.5 Å². The lowest BCUT2D eigenvalue weighted by molar-refractivity contribution is 0.147. The molecule has 0 saturated heterocycles. The van der Waals surface area contributed by atoms with Crippen LogP contribution in [0.3, 0.4) is 0 Å². The third-order valence-electron chi connectivity index (χ3n) is 2.31. The van der Waals surface area contributed by atoms with E-state index in [9.17, 15) is 0 Å². The number of ether oxygens (including phenoxy) is 1. The minimum absolute atomic E-state index is 0.741. The summed E-state index contributed by atoms with van der Waals surface area (Å²) in [5, 5.41) is 0.